The number of benzene rings is 3. The van der Waals surface area contributed by atoms with Crippen molar-refractivity contribution in [3.05, 3.63) is 104 Å². The molecule has 3 aromatic carbocycles. The number of hydrogen-bond acceptors (Lipinski definition) is 8. The Morgan fingerprint density at radius 3 is 2.00 bits per heavy atom. The summed E-state index contributed by atoms with van der Waals surface area (Å²) in [6, 6.07) is 14.5. The summed E-state index contributed by atoms with van der Waals surface area (Å²) in [6.07, 6.45) is 0.684. The number of fused-ring (bicyclic) bond motifs is 5. The van der Waals surface area contributed by atoms with E-state index < -0.39 is 52.8 Å². The third-order valence-corrected chi connectivity index (χ3v) is 12.3. The lowest BCUT2D eigenvalue weighted by Crippen LogP contribution is -2.52. The lowest BCUT2D eigenvalue weighted by Gasteiger charge is -2.31. The van der Waals surface area contributed by atoms with E-state index in [0.717, 1.165) is 10.0 Å². The van der Waals surface area contributed by atoms with E-state index in [-0.39, 0.29) is 59.7 Å². The molecule has 0 unspecified atom stereocenters. The molecule has 3 amide bonds. The van der Waals surface area contributed by atoms with Gasteiger partial charge in [-0.25, -0.2) is 9.80 Å². The largest absolute Gasteiger partial charge is 0.423 e. The minimum Gasteiger partial charge on any atom is -0.423 e. The molecule has 6 rings (SSSR count). The molecule has 6 atom stereocenters. The van der Waals surface area contributed by atoms with Crippen molar-refractivity contribution in [1.82, 2.24) is 10.0 Å². The second kappa shape index (κ2) is 12.5. The number of hydrazine groups is 1. The molecule has 46 heavy (non-hydrogen) atoms. The standard InChI is InChI=1S/C31H21Br2Cl2N3O8/c32-26-20-12-21(27(26)33)25-24(20)29(41)37(30(25)42)36(28(40)19-10-5-16(34)11-22(19)35)13-23(39)14-3-8-18(9-4-14)46-31(43)15-1-6-17(7-2-15)38(44)45/h1-11,20-21,24-27H,12-13H2/t20-,21-,24-,25-,26-,27+/m1/s1. The van der Waals surface area contributed by atoms with E-state index in [1.165, 1.54) is 66.7 Å². The molecule has 0 N–H and O–H groups in total. The minimum absolute atomic E-state index is 0.0189. The van der Waals surface area contributed by atoms with E-state index >= 15 is 0 Å². The van der Waals surface area contributed by atoms with Crippen LogP contribution < -0.4 is 4.74 Å². The van der Waals surface area contributed by atoms with Crippen molar-refractivity contribution in [2.24, 2.45) is 23.7 Å². The first-order valence-corrected chi connectivity index (χ1v) is 16.5. The maximum absolute atomic E-state index is 13.9. The van der Waals surface area contributed by atoms with E-state index in [1.54, 1.807) is 0 Å². The first kappa shape index (κ1) is 32.3. The number of nitro groups is 1. The summed E-state index contributed by atoms with van der Waals surface area (Å²) in [6.45, 7) is -0.665. The van der Waals surface area contributed by atoms with Gasteiger partial charge >= 0.3 is 5.97 Å². The van der Waals surface area contributed by atoms with Crippen LogP contribution in [0.2, 0.25) is 10.0 Å². The van der Waals surface area contributed by atoms with Gasteiger partial charge in [0.2, 0.25) is 0 Å². The number of Topliss-reactive ketones (excluding diaryl/α,β-unsaturated/α-hetero) is 1. The number of carbonyl (C=O) groups excluding carboxylic acids is 5. The molecule has 0 aromatic heterocycles. The van der Waals surface area contributed by atoms with Crippen molar-refractivity contribution in [2.75, 3.05) is 6.54 Å². The van der Waals surface area contributed by atoms with Crippen LogP contribution in [0.25, 0.3) is 0 Å². The van der Waals surface area contributed by atoms with Crippen molar-refractivity contribution in [2.45, 2.75) is 16.1 Å². The predicted octanol–water partition coefficient (Wildman–Crippen LogP) is 6.14. The highest BCUT2D eigenvalue weighted by Gasteiger charge is 2.67. The normalized spacial score (nSPS) is 24.6. The fraction of sp³-hybridized carbons (Fsp3) is 0.258. The Hall–Kier alpha value is -3.65. The maximum atomic E-state index is 13.9. The van der Waals surface area contributed by atoms with Crippen LogP contribution in [0.4, 0.5) is 5.69 Å². The van der Waals surface area contributed by atoms with Gasteiger partial charge in [0, 0.05) is 32.4 Å². The van der Waals surface area contributed by atoms with E-state index in [1.807, 2.05) is 0 Å². The summed E-state index contributed by atoms with van der Waals surface area (Å²) in [4.78, 5) is 77.8. The number of hydrogen-bond donors (Lipinski definition) is 0. The van der Waals surface area contributed by atoms with Crippen molar-refractivity contribution < 1.29 is 33.6 Å². The molecule has 1 heterocycles. The van der Waals surface area contributed by atoms with Gasteiger partial charge in [-0.05, 0) is 72.9 Å². The summed E-state index contributed by atoms with van der Waals surface area (Å²) < 4.78 is 5.32. The summed E-state index contributed by atoms with van der Waals surface area (Å²) in [7, 11) is 0. The van der Waals surface area contributed by atoms with Gasteiger partial charge in [0.1, 0.15) is 12.3 Å². The monoisotopic (exact) mass is 791 g/mol. The van der Waals surface area contributed by atoms with Crippen molar-refractivity contribution in [3.63, 3.8) is 0 Å². The van der Waals surface area contributed by atoms with Crippen molar-refractivity contribution >= 4 is 90.2 Å². The molecular formula is C31H21Br2Cl2N3O8. The van der Waals surface area contributed by atoms with Gasteiger partial charge in [-0.2, -0.15) is 5.01 Å². The highest BCUT2D eigenvalue weighted by Crippen LogP contribution is 2.60. The first-order valence-electron chi connectivity index (χ1n) is 13.9. The molecule has 3 aliphatic rings. The molecule has 0 spiro atoms. The number of esters is 1. The van der Waals surface area contributed by atoms with Gasteiger partial charge in [-0.3, -0.25) is 29.3 Å². The minimum atomic E-state index is -0.830. The molecule has 3 fully saturated rings. The molecule has 2 saturated carbocycles. The van der Waals surface area contributed by atoms with Gasteiger partial charge < -0.3 is 4.74 Å². The Labute approximate surface area is 288 Å². The number of non-ortho nitro benzene ring substituents is 1. The molecule has 11 nitrogen and oxygen atoms in total. The number of nitrogens with zero attached hydrogens (tertiary/aromatic N) is 3. The molecule has 236 valence electrons. The zero-order valence-corrected chi connectivity index (χ0v) is 28.0. The van der Waals surface area contributed by atoms with Crippen LogP contribution >= 0.6 is 55.1 Å². The smallest absolute Gasteiger partial charge is 0.343 e. The Balaban J connectivity index is 1.24. The van der Waals surface area contributed by atoms with Crippen LogP contribution in [-0.2, 0) is 9.59 Å². The van der Waals surface area contributed by atoms with Crippen LogP contribution in [0.1, 0.15) is 37.5 Å². The van der Waals surface area contributed by atoms with E-state index in [0.29, 0.717) is 6.42 Å². The predicted molar refractivity (Wildman–Crippen MR) is 172 cm³/mol. The van der Waals surface area contributed by atoms with Gasteiger partial charge in [-0.1, -0.05) is 55.1 Å². The van der Waals surface area contributed by atoms with E-state index in [2.05, 4.69) is 31.9 Å². The number of amides is 3. The van der Waals surface area contributed by atoms with Gasteiger partial charge in [0.25, 0.3) is 23.4 Å². The van der Waals surface area contributed by atoms with Crippen molar-refractivity contribution in [3.8, 4) is 5.75 Å². The zero-order chi connectivity index (χ0) is 33.0. The topological polar surface area (TPSA) is 144 Å². The lowest BCUT2D eigenvalue weighted by atomic mass is 9.81. The highest BCUT2D eigenvalue weighted by atomic mass is 79.9. The van der Waals surface area contributed by atoms with Gasteiger partial charge in [0.05, 0.1) is 32.9 Å². The Bertz CT molecular complexity index is 1770. The van der Waals surface area contributed by atoms with Crippen molar-refractivity contribution in [1.29, 1.82) is 0 Å². The Morgan fingerprint density at radius 1 is 0.891 bits per heavy atom. The SMILES string of the molecule is O=C(CN(C(=O)c1ccc(Cl)cc1Cl)N1C(=O)[C@@H]2[C@H]3C[C@@H]([C@@H](Br)[C@H]3Br)[C@H]2C1=O)c1ccc(OC(=O)c2ccc([N+](=O)[O-])cc2)cc1. The quantitative estimate of drug-likeness (QED) is 0.0504. The average molecular weight is 794 g/mol. The van der Waals surface area contributed by atoms with Crippen LogP contribution in [0.3, 0.4) is 0 Å². The zero-order valence-electron chi connectivity index (χ0n) is 23.3. The van der Waals surface area contributed by atoms with Crippen LogP contribution in [-0.4, -0.2) is 60.6 Å². The van der Waals surface area contributed by atoms with Crippen LogP contribution in [0.5, 0.6) is 5.75 Å². The number of ether oxygens (including phenoxy) is 1. The summed E-state index contributed by atoms with van der Waals surface area (Å²) in [5.74, 6) is -4.72. The molecule has 2 bridgehead atoms. The number of ketones is 1. The first-order chi connectivity index (χ1) is 21.9. The number of halogens is 4. The number of alkyl halides is 2. The summed E-state index contributed by atoms with van der Waals surface area (Å²) in [5.41, 5.74) is -0.0468. The second-order valence-electron chi connectivity index (χ2n) is 11.1. The fourth-order valence-electron chi connectivity index (χ4n) is 6.43. The highest BCUT2D eigenvalue weighted by molar-refractivity contribution is 9.12. The number of nitro benzene ring substituents is 1. The average Bonchev–Trinajstić information content (AvgIpc) is 3.64. The molecular weight excluding hydrogens is 773 g/mol. The number of imide groups is 1. The van der Waals surface area contributed by atoms with Gasteiger partial charge in [0.15, 0.2) is 5.78 Å². The molecule has 15 heteroatoms. The molecule has 2 aliphatic carbocycles. The molecule has 0 radical (unpaired) electrons. The van der Waals surface area contributed by atoms with E-state index in [4.69, 9.17) is 27.9 Å². The second-order valence-corrected chi connectivity index (χ2v) is 14.1. The maximum Gasteiger partial charge on any atom is 0.343 e. The van der Waals surface area contributed by atoms with Crippen LogP contribution in [0, 0.1) is 33.8 Å². The molecule has 3 aromatic rings. The fourth-order valence-corrected chi connectivity index (χ4v) is 8.79. The lowest BCUT2D eigenvalue weighted by molar-refractivity contribution is -0.384. The Morgan fingerprint density at radius 2 is 1.46 bits per heavy atom. The Kier molecular flexibility index (Phi) is 8.79. The van der Waals surface area contributed by atoms with Crippen LogP contribution in [0.15, 0.2) is 66.7 Å². The van der Waals surface area contributed by atoms with Gasteiger partial charge in [-0.15, -0.1) is 0 Å². The molecule has 1 saturated heterocycles. The number of rotatable bonds is 8. The summed E-state index contributed by atoms with van der Waals surface area (Å²) in [5, 5.41) is 12.7. The summed E-state index contributed by atoms with van der Waals surface area (Å²) >= 11 is 19.6. The molecule has 1 aliphatic heterocycles. The number of carbonyl (C=O) groups is 5. The van der Waals surface area contributed by atoms with E-state index in [9.17, 15) is 34.1 Å². The third kappa shape index (κ3) is 5.63. The third-order valence-electron chi connectivity index (χ3n) is 8.60.